The van der Waals surface area contributed by atoms with Crippen LogP contribution in [0.25, 0.3) is 0 Å². The molecule has 0 saturated carbocycles. The fraction of sp³-hybridized carbons (Fsp3) is 0.500. The Bertz CT molecular complexity index is 696. The van der Waals surface area contributed by atoms with Crippen molar-refractivity contribution in [2.75, 3.05) is 5.32 Å². The van der Waals surface area contributed by atoms with Gasteiger partial charge >= 0.3 is 24.4 Å². The molecule has 158 valence electrons. The lowest BCUT2D eigenvalue weighted by atomic mass is 9.76. The van der Waals surface area contributed by atoms with E-state index in [-0.39, 0.29) is 5.69 Å². The third-order valence-corrected chi connectivity index (χ3v) is 3.98. The van der Waals surface area contributed by atoms with Crippen LogP contribution in [0.4, 0.5) is 36.8 Å². The van der Waals surface area contributed by atoms with Gasteiger partial charge in [-0.25, -0.2) is 4.79 Å². The number of halogens is 7. The fourth-order valence-electron chi connectivity index (χ4n) is 2.29. The molecule has 0 saturated heterocycles. The molecular weight excluding hydrogens is 511 g/mol. The molecule has 0 fully saturated rings. The number of nitrogens with one attached hydrogen (secondary N) is 1. The Morgan fingerprint density at radius 3 is 1.79 bits per heavy atom. The first-order valence-corrected chi connectivity index (χ1v) is 8.47. The van der Waals surface area contributed by atoms with Crippen molar-refractivity contribution >= 4 is 40.8 Å². The summed E-state index contributed by atoms with van der Waals surface area (Å²) in [5, 5.41) is 2.19. The highest BCUT2D eigenvalue weighted by molar-refractivity contribution is 14.1. The average Bonchev–Trinajstić information content (AvgIpc) is 2.48. The van der Waals surface area contributed by atoms with Gasteiger partial charge in [0.1, 0.15) is 5.60 Å². The second-order valence-electron chi connectivity index (χ2n) is 6.73. The highest BCUT2D eigenvalue weighted by Gasteiger charge is 2.72. The Morgan fingerprint density at radius 1 is 0.964 bits per heavy atom. The van der Waals surface area contributed by atoms with Gasteiger partial charge in [0.05, 0.1) is 6.42 Å². The van der Waals surface area contributed by atoms with Crippen LogP contribution in [0.2, 0.25) is 0 Å². The van der Waals surface area contributed by atoms with Crippen LogP contribution in [-0.2, 0) is 18.0 Å². The number of ether oxygens (including phenoxy) is 1. The molecule has 1 aromatic rings. The largest absolute Gasteiger partial charge is 0.444 e. The van der Waals surface area contributed by atoms with Crippen LogP contribution in [0, 0.1) is 0 Å². The van der Waals surface area contributed by atoms with Crippen molar-refractivity contribution in [3.63, 3.8) is 0 Å². The lowest BCUT2D eigenvalue weighted by Gasteiger charge is -2.36. The Labute approximate surface area is 170 Å². The molecule has 12 heteroatoms. The lowest BCUT2D eigenvalue weighted by Crippen LogP contribution is -2.55. The normalized spacial score (nSPS) is 13.1. The molecule has 0 bridgehead atoms. The SMILES string of the molecule is CC(C)(C)OC(=O)Nc1ccc(C(CC(=O)OI)(C(F)(F)F)C(F)(F)F)cc1. The van der Waals surface area contributed by atoms with Crippen LogP contribution in [0.15, 0.2) is 24.3 Å². The van der Waals surface area contributed by atoms with Gasteiger partial charge < -0.3 is 7.80 Å². The average molecular weight is 527 g/mol. The second-order valence-corrected chi connectivity index (χ2v) is 7.17. The maximum absolute atomic E-state index is 13.5. The first-order valence-electron chi connectivity index (χ1n) is 7.59. The van der Waals surface area contributed by atoms with Crippen LogP contribution in [-0.4, -0.2) is 30.0 Å². The summed E-state index contributed by atoms with van der Waals surface area (Å²) < 4.78 is 90.1. The van der Waals surface area contributed by atoms with E-state index in [0.29, 0.717) is 12.1 Å². The molecule has 0 radical (unpaired) electrons. The quantitative estimate of drug-likeness (QED) is 0.405. The highest BCUT2D eigenvalue weighted by Crippen LogP contribution is 2.54. The third kappa shape index (κ3) is 5.64. The van der Waals surface area contributed by atoms with Crippen LogP contribution < -0.4 is 5.32 Å². The second kappa shape index (κ2) is 8.33. The number of carbonyl (C=O) groups is 2. The van der Waals surface area contributed by atoms with E-state index in [9.17, 15) is 35.9 Å². The van der Waals surface area contributed by atoms with Gasteiger partial charge in [-0.05, 0) is 38.5 Å². The Kier molecular flexibility index (Phi) is 7.23. The zero-order chi connectivity index (χ0) is 22.0. The molecule has 1 N–H and O–H groups in total. The Hall–Kier alpha value is -1.73. The van der Waals surface area contributed by atoms with E-state index in [1.807, 2.05) is 0 Å². The van der Waals surface area contributed by atoms with Crippen molar-refractivity contribution in [2.45, 2.75) is 50.6 Å². The van der Waals surface area contributed by atoms with Gasteiger partial charge in [0.15, 0.2) is 28.4 Å². The van der Waals surface area contributed by atoms with Gasteiger partial charge in [0.25, 0.3) is 0 Å². The van der Waals surface area contributed by atoms with E-state index in [4.69, 9.17) is 4.74 Å². The molecule has 0 aromatic heterocycles. The number of benzene rings is 1. The van der Waals surface area contributed by atoms with Crippen LogP contribution in [0.5, 0.6) is 0 Å². The van der Waals surface area contributed by atoms with Crippen LogP contribution in [0.1, 0.15) is 32.8 Å². The molecule has 0 aliphatic carbocycles. The number of carbonyl (C=O) groups excluding carboxylic acids is 2. The molecule has 0 aliphatic heterocycles. The summed E-state index contributed by atoms with van der Waals surface area (Å²) in [4.78, 5) is 23.0. The maximum Gasteiger partial charge on any atom is 0.412 e. The van der Waals surface area contributed by atoms with E-state index in [2.05, 4.69) is 8.38 Å². The lowest BCUT2D eigenvalue weighted by molar-refractivity contribution is -0.304. The minimum Gasteiger partial charge on any atom is -0.444 e. The maximum atomic E-state index is 13.5. The standard InChI is InChI=1S/C16H16F6INO4/c1-13(2,3)27-12(26)24-10-6-4-9(5-7-10)14(15(17,18)19,16(20,21)22)8-11(25)28-23/h4-7H,8H2,1-3H3,(H,24,26). The summed E-state index contributed by atoms with van der Waals surface area (Å²) in [6.45, 7) is 4.72. The smallest absolute Gasteiger partial charge is 0.412 e. The fourth-order valence-corrected chi connectivity index (χ4v) is 2.45. The van der Waals surface area contributed by atoms with Gasteiger partial charge in [0.2, 0.25) is 0 Å². The molecule has 0 heterocycles. The summed E-state index contributed by atoms with van der Waals surface area (Å²) in [5.41, 5.74) is -6.63. The van der Waals surface area contributed by atoms with Gasteiger partial charge in [-0.2, -0.15) is 26.3 Å². The summed E-state index contributed by atoms with van der Waals surface area (Å²) in [6.07, 6.45) is -14.6. The molecule has 0 unspecified atom stereocenters. The number of alkyl halides is 6. The van der Waals surface area contributed by atoms with E-state index < -0.39 is 47.4 Å². The molecule has 1 aromatic carbocycles. The Balaban J connectivity index is 3.33. The highest BCUT2D eigenvalue weighted by atomic mass is 127. The number of hydrogen-bond donors (Lipinski definition) is 1. The van der Waals surface area contributed by atoms with E-state index >= 15 is 0 Å². The molecule has 1 amide bonds. The molecule has 0 atom stereocenters. The molecular formula is C16H16F6INO4. The molecule has 1 rings (SSSR count). The topological polar surface area (TPSA) is 64.6 Å². The monoisotopic (exact) mass is 527 g/mol. The van der Waals surface area contributed by atoms with Crippen molar-refractivity contribution in [2.24, 2.45) is 0 Å². The van der Waals surface area contributed by atoms with Crippen LogP contribution >= 0.6 is 23.0 Å². The molecule has 5 nitrogen and oxygen atoms in total. The third-order valence-electron chi connectivity index (χ3n) is 3.49. The minimum atomic E-state index is -5.84. The van der Waals surface area contributed by atoms with Crippen LogP contribution in [0.3, 0.4) is 0 Å². The van der Waals surface area contributed by atoms with Crippen molar-refractivity contribution in [1.82, 2.24) is 0 Å². The van der Waals surface area contributed by atoms with Gasteiger partial charge in [0, 0.05) is 5.69 Å². The van der Waals surface area contributed by atoms with Crippen molar-refractivity contribution < 1.29 is 43.7 Å². The molecule has 0 aliphatic rings. The zero-order valence-corrected chi connectivity index (χ0v) is 17.0. The first-order chi connectivity index (χ1) is 12.5. The van der Waals surface area contributed by atoms with Crippen molar-refractivity contribution in [1.29, 1.82) is 0 Å². The van der Waals surface area contributed by atoms with Gasteiger partial charge in [-0.15, -0.1) is 0 Å². The number of anilines is 1. The van der Waals surface area contributed by atoms with Crippen molar-refractivity contribution in [3.8, 4) is 0 Å². The molecule has 28 heavy (non-hydrogen) atoms. The van der Waals surface area contributed by atoms with E-state index in [1.54, 1.807) is 20.8 Å². The van der Waals surface area contributed by atoms with E-state index in [0.717, 1.165) is 35.1 Å². The number of rotatable bonds is 4. The van der Waals surface area contributed by atoms with Gasteiger partial charge in [-0.3, -0.25) is 10.1 Å². The first kappa shape index (κ1) is 24.3. The zero-order valence-electron chi connectivity index (χ0n) is 14.8. The summed E-state index contributed by atoms with van der Waals surface area (Å²) in [5.74, 6) is -1.69. The summed E-state index contributed by atoms with van der Waals surface area (Å²) >= 11 is 0.913. The van der Waals surface area contributed by atoms with Crippen molar-refractivity contribution in [3.05, 3.63) is 29.8 Å². The van der Waals surface area contributed by atoms with E-state index in [1.165, 1.54) is 0 Å². The predicted octanol–water partition coefficient (Wildman–Crippen LogP) is 5.68. The predicted molar refractivity (Wildman–Crippen MR) is 94.8 cm³/mol. The number of amides is 1. The van der Waals surface area contributed by atoms with Gasteiger partial charge in [-0.1, -0.05) is 12.1 Å². The minimum absolute atomic E-state index is 0.0901. The Morgan fingerprint density at radius 2 is 1.43 bits per heavy atom. The molecule has 0 spiro atoms. The summed E-state index contributed by atoms with van der Waals surface area (Å²) in [6, 6.07) is 2.77. The number of hydrogen-bond acceptors (Lipinski definition) is 4. The summed E-state index contributed by atoms with van der Waals surface area (Å²) in [7, 11) is 0.